The number of nitro groups is 1. The van der Waals surface area contributed by atoms with Crippen LogP contribution in [0.25, 0.3) is 0 Å². The molecule has 0 saturated carbocycles. The number of para-hydroxylation sites is 2. The zero-order valence-corrected chi connectivity index (χ0v) is 16.4. The number of fused-ring (bicyclic) bond motifs is 1. The van der Waals surface area contributed by atoms with Gasteiger partial charge in [0.2, 0.25) is 0 Å². The van der Waals surface area contributed by atoms with Crippen LogP contribution in [0.3, 0.4) is 0 Å². The number of hydrogen-bond acceptors (Lipinski definition) is 6. The first-order valence-electron chi connectivity index (χ1n) is 9.65. The third kappa shape index (κ3) is 3.71. The van der Waals surface area contributed by atoms with Gasteiger partial charge in [-0.15, -0.1) is 0 Å². The third-order valence-electron chi connectivity index (χ3n) is 5.27. The molecule has 1 atom stereocenters. The fourth-order valence-electron chi connectivity index (χ4n) is 3.64. The summed E-state index contributed by atoms with van der Waals surface area (Å²) in [5.41, 5.74) is 1.06. The second-order valence-corrected chi connectivity index (χ2v) is 7.19. The Kier molecular flexibility index (Phi) is 5.37. The number of carbonyl (C=O) groups is 2. The average Bonchev–Trinajstić information content (AvgIpc) is 2.78. The molecule has 2 heterocycles. The predicted molar refractivity (Wildman–Crippen MR) is 108 cm³/mol. The lowest BCUT2D eigenvalue weighted by Crippen LogP contribution is -2.54. The largest absolute Gasteiger partial charge is 0.476 e. The van der Waals surface area contributed by atoms with Gasteiger partial charge in [-0.1, -0.05) is 18.2 Å². The van der Waals surface area contributed by atoms with Gasteiger partial charge in [-0.2, -0.15) is 0 Å². The Hall–Kier alpha value is -3.46. The summed E-state index contributed by atoms with van der Waals surface area (Å²) >= 11 is 0. The number of anilines is 1. The Morgan fingerprint density at radius 3 is 2.60 bits per heavy atom. The highest BCUT2D eigenvalue weighted by Gasteiger charge is 2.37. The van der Waals surface area contributed by atoms with Crippen molar-refractivity contribution in [2.24, 2.45) is 0 Å². The van der Waals surface area contributed by atoms with Crippen LogP contribution in [-0.2, 0) is 9.53 Å². The molecule has 0 aliphatic carbocycles. The highest BCUT2D eigenvalue weighted by molar-refractivity contribution is 6.08. The first-order chi connectivity index (χ1) is 14.5. The fourth-order valence-corrected chi connectivity index (χ4v) is 3.64. The van der Waals surface area contributed by atoms with Crippen LogP contribution < -0.4 is 9.64 Å². The number of amides is 2. The molecular weight excluding hydrogens is 390 g/mol. The summed E-state index contributed by atoms with van der Waals surface area (Å²) in [5.74, 6) is -0.209. The van der Waals surface area contributed by atoms with E-state index >= 15 is 0 Å². The minimum atomic E-state index is -0.859. The maximum atomic E-state index is 13.3. The molecule has 2 aliphatic rings. The molecule has 0 aromatic heterocycles. The number of benzene rings is 2. The number of hydrogen-bond donors (Lipinski definition) is 0. The predicted octanol–water partition coefficient (Wildman–Crippen LogP) is 2.17. The van der Waals surface area contributed by atoms with E-state index in [9.17, 15) is 19.7 Å². The molecule has 2 amide bonds. The lowest BCUT2D eigenvalue weighted by atomic mass is 10.1. The van der Waals surface area contributed by atoms with Gasteiger partial charge in [0.05, 0.1) is 30.4 Å². The number of ether oxygens (including phenoxy) is 2. The molecule has 156 valence electrons. The van der Waals surface area contributed by atoms with E-state index in [1.807, 2.05) is 0 Å². The van der Waals surface area contributed by atoms with Gasteiger partial charge in [-0.3, -0.25) is 19.7 Å². The third-order valence-corrected chi connectivity index (χ3v) is 5.27. The first-order valence-corrected chi connectivity index (χ1v) is 9.65. The maximum absolute atomic E-state index is 13.3. The van der Waals surface area contributed by atoms with E-state index in [0.29, 0.717) is 43.3 Å². The van der Waals surface area contributed by atoms with E-state index < -0.39 is 16.9 Å². The molecule has 9 heteroatoms. The van der Waals surface area contributed by atoms with Crippen LogP contribution in [-0.4, -0.2) is 60.6 Å². The molecule has 30 heavy (non-hydrogen) atoms. The standard InChI is InChI=1S/C21H21N3O6/c1-14-6-7-15(12-17(14)24(27)28)20(25)23-13-19(21(26)22-8-10-29-11-9-22)30-18-5-3-2-4-16(18)23/h2-7,12,19H,8-11,13H2,1H3/t19-/m0/s1. The van der Waals surface area contributed by atoms with Crippen molar-refractivity contribution in [2.45, 2.75) is 13.0 Å². The molecule has 0 radical (unpaired) electrons. The number of morpholine rings is 1. The molecule has 0 spiro atoms. The summed E-state index contributed by atoms with van der Waals surface area (Å²) in [6.45, 7) is 3.51. The zero-order valence-electron chi connectivity index (χ0n) is 16.4. The summed E-state index contributed by atoms with van der Waals surface area (Å²) < 4.78 is 11.2. The highest BCUT2D eigenvalue weighted by Crippen LogP contribution is 2.35. The van der Waals surface area contributed by atoms with Crippen LogP contribution in [0, 0.1) is 17.0 Å². The van der Waals surface area contributed by atoms with E-state index in [2.05, 4.69) is 0 Å². The number of nitro benzene ring substituents is 1. The maximum Gasteiger partial charge on any atom is 0.273 e. The van der Waals surface area contributed by atoms with Crippen molar-refractivity contribution in [1.82, 2.24) is 4.90 Å². The van der Waals surface area contributed by atoms with Gasteiger partial charge >= 0.3 is 0 Å². The fraction of sp³-hybridized carbons (Fsp3) is 0.333. The van der Waals surface area contributed by atoms with Gasteiger partial charge in [0.15, 0.2) is 6.10 Å². The topological polar surface area (TPSA) is 102 Å². The van der Waals surface area contributed by atoms with Crippen LogP contribution in [0.5, 0.6) is 5.75 Å². The normalized spacial score (nSPS) is 18.4. The van der Waals surface area contributed by atoms with E-state index in [1.165, 1.54) is 11.0 Å². The van der Waals surface area contributed by atoms with Crippen molar-refractivity contribution in [3.05, 3.63) is 63.7 Å². The molecule has 1 fully saturated rings. The van der Waals surface area contributed by atoms with Crippen LogP contribution in [0.1, 0.15) is 15.9 Å². The van der Waals surface area contributed by atoms with Crippen molar-refractivity contribution < 1.29 is 24.0 Å². The first kappa shape index (κ1) is 19.8. The quantitative estimate of drug-likeness (QED) is 0.567. The molecule has 4 rings (SSSR count). The number of aryl methyl sites for hydroxylation is 1. The number of rotatable bonds is 3. The van der Waals surface area contributed by atoms with Crippen LogP contribution in [0.2, 0.25) is 0 Å². The molecule has 0 unspecified atom stereocenters. The number of carbonyl (C=O) groups excluding carboxylic acids is 2. The Bertz CT molecular complexity index is 1000. The summed E-state index contributed by atoms with van der Waals surface area (Å²) in [4.78, 5) is 40.2. The van der Waals surface area contributed by atoms with Crippen LogP contribution >= 0.6 is 0 Å². The monoisotopic (exact) mass is 411 g/mol. The molecule has 2 aromatic rings. The van der Waals surface area contributed by atoms with Crippen molar-refractivity contribution >= 4 is 23.2 Å². The molecule has 0 N–H and O–H groups in total. The van der Waals surface area contributed by atoms with Crippen molar-refractivity contribution in [1.29, 1.82) is 0 Å². The average molecular weight is 411 g/mol. The van der Waals surface area contributed by atoms with Crippen LogP contribution in [0.15, 0.2) is 42.5 Å². The van der Waals surface area contributed by atoms with Crippen molar-refractivity contribution in [2.75, 3.05) is 37.7 Å². The van der Waals surface area contributed by atoms with E-state index in [4.69, 9.17) is 9.47 Å². The van der Waals surface area contributed by atoms with Crippen molar-refractivity contribution in [3.8, 4) is 5.75 Å². The second-order valence-electron chi connectivity index (χ2n) is 7.19. The lowest BCUT2D eigenvalue weighted by molar-refractivity contribution is -0.385. The molecule has 1 saturated heterocycles. The van der Waals surface area contributed by atoms with Crippen molar-refractivity contribution in [3.63, 3.8) is 0 Å². The Morgan fingerprint density at radius 2 is 1.87 bits per heavy atom. The summed E-state index contributed by atoms with van der Waals surface area (Å²) in [6, 6.07) is 11.3. The second kappa shape index (κ2) is 8.11. The molecule has 0 bridgehead atoms. The molecule has 9 nitrogen and oxygen atoms in total. The minimum absolute atomic E-state index is 0.0215. The minimum Gasteiger partial charge on any atom is -0.476 e. The van der Waals surface area contributed by atoms with Gasteiger partial charge < -0.3 is 19.3 Å². The summed E-state index contributed by atoms with van der Waals surface area (Å²) in [5, 5.41) is 11.3. The van der Waals surface area contributed by atoms with Gasteiger partial charge in [-0.25, -0.2) is 0 Å². The lowest BCUT2D eigenvalue weighted by Gasteiger charge is -2.37. The van der Waals surface area contributed by atoms with Gasteiger partial charge in [-0.05, 0) is 25.1 Å². The molecule has 2 aliphatic heterocycles. The number of nitrogens with zero attached hydrogens (tertiary/aromatic N) is 3. The Balaban J connectivity index is 1.66. The van der Waals surface area contributed by atoms with Crippen LogP contribution in [0.4, 0.5) is 11.4 Å². The Labute approximate surface area is 172 Å². The SMILES string of the molecule is Cc1ccc(C(=O)N2C[C@@H](C(=O)N3CCOCC3)Oc3ccccc32)cc1[N+](=O)[O-]. The summed E-state index contributed by atoms with van der Waals surface area (Å²) in [6.07, 6.45) is -0.859. The van der Waals surface area contributed by atoms with E-state index in [1.54, 1.807) is 48.2 Å². The van der Waals surface area contributed by atoms with E-state index in [-0.39, 0.29) is 23.7 Å². The Morgan fingerprint density at radius 1 is 1.13 bits per heavy atom. The van der Waals surface area contributed by atoms with Gasteiger partial charge in [0.25, 0.3) is 17.5 Å². The smallest absolute Gasteiger partial charge is 0.273 e. The summed E-state index contributed by atoms with van der Waals surface area (Å²) in [7, 11) is 0. The van der Waals surface area contributed by atoms with Gasteiger partial charge in [0, 0.05) is 30.3 Å². The van der Waals surface area contributed by atoms with E-state index in [0.717, 1.165) is 0 Å². The molecular formula is C21H21N3O6. The van der Waals surface area contributed by atoms with Gasteiger partial charge in [0.1, 0.15) is 5.75 Å². The zero-order chi connectivity index (χ0) is 21.3. The highest BCUT2D eigenvalue weighted by atomic mass is 16.6. The molecule has 2 aromatic carbocycles.